The van der Waals surface area contributed by atoms with Crippen LogP contribution in [-0.4, -0.2) is 60.5 Å². The molecular formula is C20H31N7O4. The minimum Gasteiger partial charge on any atom is -0.483 e. The first-order valence-electron chi connectivity index (χ1n) is 10.4. The Morgan fingerprint density at radius 3 is 2.45 bits per heavy atom. The molecule has 2 aromatic heterocycles. The van der Waals surface area contributed by atoms with Crippen LogP contribution in [-0.2, 0) is 41.3 Å². The Morgan fingerprint density at radius 2 is 1.87 bits per heavy atom. The normalized spacial score (nSPS) is 17.9. The second-order valence-corrected chi connectivity index (χ2v) is 7.51. The van der Waals surface area contributed by atoms with Gasteiger partial charge in [0.05, 0.1) is 0 Å². The standard InChI is InChI=1S/C19H29N7O2.CH2O2/c1-25-16(9-12-22-25)7-8-18(27)24-15-5-3-14(4-6-15)19(28)20-11-10-17-21-13-23-26(17)2;2-1-3/h9,12-15H,3-8,10-11H2,1-2H3,(H,20,28)(H,24,27);1H,(H,2,3). The predicted molar refractivity (Wildman–Crippen MR) is 112 cm³/mol. The van der Waals surface area contributed by atoms with Crippen LogP contribution < -0.4 is 10.6 Å². The fourth-order valence-corrected chi connectivity index (χ4v) is 3.68. The van der Waals surface area contributed by atoms with Crippen molar-refractivity contribution in [2.45, 2.75) is 51.0 Å². The summed E-state index contributed by atoms with van der Waals surface area (Å²) < 4.78 is 3.51. The van der Waals surface area contributed by atoms with E-state index < -0.39 is 0 Å². The molecule has 3 rings (SSSR count). The SMILES string of the molecule is Cn1nccc1CCC(=O)NC1CCC(C(=O)NCCc2ncnn2C)CC1.O=CO. The Labute approximate surface area is 181 Å². The van der Waals surface area contributed by atoms with Gasteiger partial charge >= 0.3 is 0 Å². The molecule has 1 saturated carbocycles. The summed E-state index contributed by atoms with van der Waals surface area (Å²) in [4.78, 5) is 37.1. The lowest BCUT2D eigenvalue weighted by Crippen LogP contribution is -2.41. The van der Waals surface area contributed by atoms with E-state index in [2.05, 4.69) is 25.8 Å². The van der Waals surface area contributed by atoms with Crippen LogP contribution >= 0.6 is 0 Å². The molecule has 0 radical (unpaired) electrons. The molecule has 31 heavy (non-hydrogen) atoms. The van der Waals surface area contributed by atoms with Crippen molar-refractivity contribution in [1.29, 1.82) is 0 Å². The summed E-state index contributed by atoms with van der Waals surface area (Å²) in [6.45, 7) is 0.316. The quantitative estimate of drug-likeness (QED) is 0.505. The second-order valence-electron chi connectivity index (χ2n) is 7.51. The van der Waals surface area contributed by atoms with Gasteiger partial charge < -0.3 is 15.7 Å². The molecule has 3 N–H and O–H groups in total. The van der Waals surface area contributed by atoms with Crippen molar-refractivity contribution in [1.82, 2.24) is 35.2 Å². The zero-order valence-electron chi connectivity index (χ0n) is 18.0. The lowest BCUT2D eigenvalue weighted by molar-refractivity contribution is -0.126. The summed E-state index contributed by atoms with van der Waals surface area (Å²) in [5.41, 5.74) is 1.05. The minimum atomic E-state index is -0.250. The van der Waals surface area contributed by atoms with Gasteiger partial charge in [0.15, 0.2) is 0 Å². The van der Waals surface area contributed by atoms with Gasteiger partial charge in [-0.3, -0.25) is 23.7 Å². The predicted octanol–water partition coefficient (Wildman–Crippen LogP) is 0.216. The van der Waals surface area contributed by atoms with Crippen molar-refractivity contribution in [2.75, 3.05) is 6.54 Å². The van der Waals surface area contributed by atoms with Gasteiger partial charge in [0.2, 0.25) is 11.8 Å². The van der Waals surface area contributed by atoms with Crippen LogP contribution in [0.15, 0.2) is 18.6 Å². The highest BCUT2D eigenvalue weighted by Crippen LogP contribution is 2.24. The van der Waals surface area contributed by atoms with Crippen molar-refractivity contribution in [2.24, 2.45) is 20.0 Å². The number of rotatable bonds is 8. The van der Waals surface area contributed by atoms with Crippen molar-refractivity contribution < 1.29 is 19.5 Å². The summed E-state index contributed by atoms with van der Waals surface area (Å²) in [7, 11) is 3.73. The van der Waals surface area contributed by atoms with Crippen LogP contribution in [0.5, 0.6) is 0 Å². The Bertz CT molecular complexity index is 840. The molecule has 2 heterocycles. The van der Waals surface area contributed by atoms with Gasteiger partial charge in [0.25, 0.3) is 6.47 Å². The lowest BCUT2D eigenvalue weighted by atomic mass is 9.85. The first-order valence-corrected chi connectivity index (χ1v) is 10.4. The Balaban J connectivity index is 0.00000107. The molecule has 0 saturated heterocycles. The van der Waals surface area contributed by atoms with Gasteiger partial charge in [-0.05, 0) is 38.2 Å². The lowest BCUT2D eigenvalue weighted by Gasteiger charge is -2.28. The topological polar surface area (TPSA) is 144 Å². The van der Waals surface area contributed by atoms with Crippen LogP contribution in [0.3, 0.4) is 0 Å². The molecule has 1 fully saturated rings. The fourth-order valence-electron chi connectivity index (χ4n) is 3.68. The Hall–Kier alpha value is -3.24. The third-order valence-corrected chi connectivity index (χ3v) is 5.45. The molecule has 0 aliphatic heterocycles. The molecule has 2 amide bonds. The highest BCUT2D eigenvalue weighted by molar-refractivity contribution is 5.79. The summed E-state index contributed by atoms with van der Waals surface area (Å²) in [6, 6.07) is 2.10. The summed E-state index contributed by atoms with van der Waals surface area (Å²) in [5, 5.41) is 21.1. The molecular weight excluding hydrogens is 402 g/mol. The smallest absolute Gasteiger partial charge is 0.290 e. The second kappa shape index (κ2) is 12.5. The van der Waals surface area contributed by atoms with E-state index in [0.717, 1.165) is 37.2 Å². The minimum absolute atomic E-state index is 0.0297. The molecule has 0 unspecified atom stereocenters. The molecule has 0 bridgehead atoms. The molecule has 11 heteroatoms. The molecule has 170 valence electrons. The van der Waals surface area contributed by atoms with E-state index in [-0.39, 0.29) is 30.2 Å². The number of aromatic nitrogens is 5. The maximum absolute atomic E-state index is 12.4. The number of nitrogens with one attached hydrogen (secondary N) is 2. The van der Waals surface area contributed by atoms with Crippen molar-refractivity contribution in [3.63, 3.8) is 0 Å². The number of nitrogens with zero attached hydrogens (tertiary/aromatic N) is 5. The number of carbonyl (C=O) groups excluding carboxylic acids is 2. The molecule has 11 nitrogen and oxygen atoms in total. The van der Waals surface area contributed by atoms with E-state index in [1.165, 1.54) is 6.33 Å². The molecule has 0 atom stereocenters. The average Bonchev–Trinajstić information content (AvgIpc) is 3.35. The number of aryl methyl sites for hydroxylation is 3. The largest absolute Gasteiger partial charge is 0.483 e. The van der Waals surface area contributed by atoms with Crippen LogP contribution in [0.4, 0.5) is 0 Å². The molecule has 0 spiro atoms. The number of carboxylic acid groups (broad SMARTS) is 1. The molecule has 1 aliphatic rings. The van der Waals surface area contributed by atoms with Crippen LogP contribution in [0, 0.1) is 5.92 Å². The number of hydrogen-bond acceptors (Lipinski definition) is 6. The number of hydrogen-bond donors (Lipinski definition) is 3. The Kier molecular flexibility index (Phi) is 9.66. The molecule has 2 aromatic rings. The number of carbonyl (C=O) groups is 3. The van der Waals surface area contributed by atoms with Gasteiger partial charge in [0, 0.05) is 57.3 Å². The van der Waals surface area contributed by atoms with Crippen molar-refractivity contribution in [3.05, 3.63) is 30.1 Å². The van der Waals surface area contributed by atoms with E-state index >= 15 is 0 Å². The van der Waals surface area contributed by atoms with E-state index in [1.54, 1.807) is 15.6 Å². The van der Waals surface area contributed by atoms with Crippen LogP contribution in [0.2, 0.25) is 0 Å². The van der Waals surface area contributed by atoms with E-state index in [9.17, 15) is 9.59 Å². The van der Waals surface area contributed by atoms with Gasteiger partial charge in [-0.2, -0.15) is 10.2 Å². The van der Waals surface area contributed by atoms with Gasteiger partial charge in [-0.25, -0.2) is 4.98 Å². The van der Waals surface area contributed by atoms with Gasteiger partial charge in [0.1, 0.15) is 12.2 Å². The summed E-state index contributed by atoms with van der Waals surface area (Å²) in [5.74, 6) is 1.06. The van der Waals surface area contributed by atoms with Crippen LogP contribution in [0.25, 0.3) is 0 Å². The van der Waals surface area contributed by atoms with E-state index in [4.69, 9.17) is 9.90 Å². The zero-order valence-corrected chi connectivity index (χ0v) is 18.0. The Morgan fingerprint density at radius 1 is 1.16 bits per heavy atom. The molecule has 0 aromatic carbocycles. The third kappa shape index (κ3) is 7.83. The molecule has 1 aliphatic carbocycles. The van der Waals surface area contributed by atoms with E-state index in [1.807, 2.05) is 20.2 Å². The van der Waals surface area contributed by atoms with Gasteiger partial charge in [-0.1, -0.05) is 0 Å². The van der Waals surface area contributed by atoms with Crippen LogP contribution in [0.1, 0.15) is 43.6 Å². The summed E-state index contributed by atoms with van der Waals surface area (Å²) >= 11 is 0. The third-order valence-electron chi connectivity index (χ3n) is 5.45. The zero-order chi connectivity index (χ0) is 22.6. The maximum atomic E-state index is 12.4. The van der Waals surface area contributed by atoms with Gasteiger partial charge in [-0.15, -0.1) is 0 Å². The van der Waals surface area contributed by atoms with Crippen molar-refractivity contribution >= 4 is 18.3 Å². The maximum Gasteiger partial charge on any atom is 0.290 e. The number of amides is 2. The highest BCUT2D eigenvalue weighted by atomic mass is 16.3. The van der Waals surface area contributed by atoms with E-state index in [0.29, 0.717) is 25.8 Å². The first-order chi connectivity index (χ1) is 14.9. The summed E-state index contributed by atoms with van der Waals surface area (Å²) in [6.07, 6.45) is 8.39. The monoisotopic (exact) mass is 433 g/mol. The highest BCUT2D eigenvalue weighted by Gasteiger charge is 2.26. The fraction of sp³-hybridized carbons (Fsp3) is 0.600. The average molecular weight is 434 g/mol. The first kappa shape index (κ1) is 24.0. The van der Waals surface area contributed by atoms with Crippen molar-refractivity contribution in [3.8, 4) is 0 Å².